The highest BCUT2D eigenvalue weighted by Crippen LogP contribution is 2.42. The number of hydrogen-bond donors (Lipinski definition) is 9. The van der Waals surface area contributed by atoms with E-state index in [1.807, 2.05) is 27.7 Å². The first-order valence-corrected chi connectivity index (χ1v) is 55.3. The summed E-state index contributed by atoms with van der Waals surface area (Å²) < 4.78 is 56.8. The van der Waals surface area contributed by atoms with Gasteiger partial charge in [-0.3, -0.25) is 33.6 Å². The number of allylic oxidation sites excluding steroid dienone is 2. The first-order valence-electron chi connectivity index (χ1n) is 51.6. The van der Waals surface area contributed by atoms with Crippen LogP contribution in [-0.4, -0.2) is 251 Å². The van der Waals surface area contributed by atoms with Crippen LogP contribution in [0.25, 0.3) is 0 Å². The zero-order valence-corrected chi connectivity index (χ0v) is 89.2. The van der Waals surface area contributed by atoms with E-state index in [1.54, 1.807) is 25.9 Å². The largest absolute Gasteiger partial charge is 0.481 e. The minimum Gasteiger partial charge on any atom is -0.481 e. The van der Waals surface area contributed by atoms with Gasteiger partial charge in [-0.25, -0.2) is 21.1 Å². The fourth-order valence-electron chi connectivity index (χ4n) is 19.5. The molecule has 2 unspecified atom stereocenters. The molecule has 0 bridgehead atoms. The summed E-state index contributed by atoms with van der Waals surface area (Å²) in [5.41, 5.74) is 0.463. The Morgan fingerprint density at radius 3 is 1.22 bits per heavy atom. The number of aliphatic hydroxyl groups is 4. The van der Waals surface area contributed by atoms with E-state index in [0.29, 0.717) is 110 Å². The minimum absolute atomic E-state index is 0.0524. The van der Waals surface area contributed by atoms with E-state index in [4.69, 9.17) is 40.1 Å². The summed E-state index contributed by atoms with van der Waals surface area (Å²) in [6, 6.07) is 0.714. The molecule has 6 saturated heterocycles. The predicted molar refractivity (Wildman–Crippen MR) is 532 cm³/mol. The highest BCUT2D eigenvalue weighted by molar-refractivity contribution is 7.91. The normalized spacial score (nSPS) is 25.5. The van der Waals surface area contributed by atoms with Crippen LogP contribution >= 0.6 is 0 Å². The Balaban J connectivity index is 0.000000734. The Labute approximate surface area is 802 Å². The van der Waals surface area contributed by atoms with E-state index >= 15 is 0 Å². The van der Waals surface area contributed by atoms with Crippen LogP contribution in [0.3, 0.4) is 0 Å². The quantitative estimate of drug-likeness (QED) is 0.0363. The summed E-state index contributed by atoms with van der Waals surface area (Å²) in [5.74, 6) is 9.38. The molecular formula is C104H197N5O21S2. The number of carbonyl (C=O) groups excluding carboxylic acids is 3. The predicted octanol–water partition coefficient (Wildman–Crippen LogP) is 18.5. The van der Waals surface area contributed by atoms with Crippen molar-refractivity contribution in [1.82, 2.24) is 24.3 Å². The van der Waals surface area contributed by atoms with Gasteiger partial charge in [0.05, 0.1) is 53.3 Å². The number of carboxylic acid groups (broad SMARTS) is 4. The van der Waals surface area contributed by atoms with Gasteiger partial charge in [0.25, 0.3) is 17.7 Å². The van der Waals surface area contributed by atoms with Crippen LogP contribution in [0.1, 0.15) is 359 Å². The molecule has 0 aromatic rings. The summed E-state index contributed by atoms with van der Waals surface area (Å²) in [5, 5.41) is 75.3. The van der Waals surface area contributed by atoms with Crippen LogP contribution in [0.2, 0.25) is 0 Å². The first-order chi connectivity index (χ1) is 61.4. The molecule has 10 rings (SSSR count). The number of aliphatic carboxylic acids is 4. The molecule has 5 atom stereocenters. The van der Waals surface area contributed by atoms with Crippen LogP contribution in [0.4, 0.5) is 0 Å². The molecular weight excluding hydrogens is 1720 g/mol. The molecule has 26 nitrogen and oxygen atoms in total. The van der Waals surface area contributed by atoms with Crippen molar-refractivity contribution >= 4 is 61.5 Å². The number of aliphatic hydroxyl groups excluding tert-OH is 4. The number of sulfonamides is 1. The van der Waals surface area contributed by atoms with Crippen molar-refractivity contribution in [2.24, 2.45) is 117 Å². The number of likely N-dealkylation sites (tertiary alicyclic amines) is 3. The van der Waals surface area contributed by atoms with Gasteiger partial charge in [0, 0.05) is 78.0 Å². The third kappa shape index (κ3) is 53.1. The molecule has 0 aromatic carbocycles. The van der Waals surface area contributed by atoms with Crippen LogP contribution < -0.4 is 5.32 Å². The van der Waals surface area contributed by atoms with E-state index in [-0.39, 0.29) is 35.8 Å². The van der Waals surface area contributed by atoms with Crippen LogP contribution in [0.15, 0.2) is 11.6 Å². The van der Waals surface area contributed by atoms with Crippen molar-refractivity contribution in [3.05, 3.63) is 11.6 Å². The second kappa shape index (κ2) is 64.8. The van der Waals surface area contributed by atoms with Gasteiger partial charge in [-0.2, -0.15) is 0 Å². The maximum Gasteiger partial charge on any atom is 0.309 e. The van der Waals surface area contributed by atoms with E-state index in [2.05, 4.69) is 136 Å². The molecule has 9 N–H and O–H groups in total. The maximum atomic E-state index is 11.5. The topological polar surface area (TPSA) is 393 Å². The lowest BCUT2D eigenvalue weighted by molar-refractivity contribution is -0.150. The molecule has 6 aliphatic heterocycles. The average Bonchev–Trinajstić information content (AvgIpc) is 0.966. The number of ether oxygens (including phenoxy) is 2. The van der Waals surface area contributed by atoms with Gasteiger partial charge in [-0.15, -0.1) is 0 Å². The number of sulfone groups is 1. The summed E-state index contributed by atoms with van der Waals surface area (Å²) in [4.78, 5) is 82.7. The van der Waals surface area contributed by atoms with Crippen LogP contribution in [0, 0.1) is 117 Å². The van der Waals surface area contributed by atoms with Gasteiger partial charge in [0.15, 0.2) is 6.10 Å². The molecule has 10 aliphatic rings. The smallest absolute Gasteiger partial charge is 0.309 e. The third-order valence-corrected chi connectivity index (χ3v) is 31.9. The van der Waals surface area contributed by atoms with Gasteiger partial charge in [-0.1, -0.05) is 136 Å². The van der Waals surface area contributed by atoms with Crippen LogP contribution in [0.5, 0.6) is 0 Å². The molecule has 9 fully saturated rings. The lowest BCUT2D eigenvalue weighted by Gasteiger charge is -2.34. The van der Waals surface area contributed by atoms with Crippen LogP contribution in [-0.2, 0) is 62.9 Å². The highest BCUT2D eigenvalue weighted by atomic mass is 32.2. The van der Waals surface area contributed by atoms with Gasteiger partial charge in [-0.05, 0) is 335 Å². The van der Waals surface area contributed by atoms with Gasteiger partial charge >= 0.3 is 23.9 Å². The molecule has 3 amide bonds. The Hall–Kier alpha value is -4.39. The summed E-state index contributed by atoms with van der Waals surface area (Å²) in [7, 11) is -5.58. The number of carboxylic acids is 4. The van der Waals surface area contributed by atoms with Gasteiger partial charge in [0.1, 0.15) is 22.0 Å². The molecule has 3 saturated carbocycles. The first kappa shape index (κ1) is 126. The molecule has 0 aromatic heterocycles. The zero-order chi connectivity index (χ0) is 101. The molecule has 0 spiro atoms. The zero-order valence-electron chi connectivity index (χ0n) is 87.5. The van der Waals surface area contributed by atoms with Crippen molar-refractivity contribution < 1.29 is 101 Å². The second-order valence-corrected chi connectivity index (χ2v) is 48.9. The number of hydrogen-bond acceptors (Lipinski definition) is 18. The monoisotopic (exact) mass is 1920 g/mol. The average molecular weight is 1920 g/mol. The second-order valence-electron chi connectivity index (χ2n) is 44.7. The van der Waals surface area contributed by atoms with Crippen molar-refractivity contribution in [2.45, 2.75) is 395 Å². The van der Waals surface area contributed by atoms with Crippen molar-refractivity contribution in [3.8, 4) is 0 Å². The van der Waals surface area contributed by atoms with Crippen molar-refractivity contribution in [2.75, 3.05) is 96.5 Å². The number of nitrogens with one attached hydrogen (secondary N) is 1. The maximum absolute atomic E-state index is 11.5. The number of piperidine rings is 3. The third-order valence-electron chi connectivity index (χ3n) is 29.0. The van der Waals surface area contributed by atoms with E-state index in [0.717, 1.165) is 227 Å². The number of carbonyl (C=O) groups is 7. The highest BCUT2D eigenvalue weighted by Gasteiger charge is 2.39. The summed E-state index contributed by atoms with van der Waals surface area (Å²) >= 11 is 0. The molecule has 776 valence electrons. The molecule has 132 heavy (non-hydrogen) atoms. The summed E-state index contributed by atoms with van der Waals surface area (Å²) in [6.45, 7) is 59.1. The Kier molecular flexibility index (Phi) is 61.6. The number of rotatable bonds is 26. The fourth-order valence-corrected chi connectivity index (χ4v) is 21.9. The molecule has 4 aliphatic carbocycles. The van der Waals surface area contributed by atoms with E-state index in [9.17, 15) is 60.6 Å². The van der Waals surface area contributed by atoms with E-state index in [1.165, 1.54) is 63.7 Å². The standard InChI is InChI=1S/C12H23NO2.C12H22O2.2C11H21NO3.C11H18O2.2C11H20O2.C9H19NO.C8H17NO2S.C8H16O2S/c1-9(2)8-11-4-6-13(7-5-11)12(15)10(3)14;1-9(2)8-10-4-6-12(3,7-5-10)11(13)14;1-8(2)15-10-4-6-12(7-5-10)11(14)9(3)13;1-8(2)9-3-5-12(6-4-9)11(15)10(14)7-13;1-8(2)9-4-6-11(3,7-5-9)10(12)13;1-8(2)10-5-3-9(4-6-10)7-11(12)13;1-8(2)7-9-3-5-10(6-4-9)11(12)13;1-8(2)7-10-9-3-5-11-6-4-9;1-7(2)8-4-5-9(6-8)12(3,10)11;1-7(2)8-3-5-11(9,10)6-4-8/h9-11,14H,4-8H2,1-3H3;9-10H,4-8H2,1-3H3,(H,13,14);8-10,13H,4-7H2,1-3H3;8-10,13-14H,3-7H2,1-2H3;4,8H,5-7H2,1-3H3,(H,12,13);2*8-10H,3-7H2,1-2H3,(H,12,13);8-10H,3-7H2,1-2H3;7-8H,4-6H2,1-3H3;7-8H,3-6H2,1-2H3/t10-;;9-;10-;;;;;;/m1.11....../s1. The minimum atomic E-state index is -2.94. The fraction of sp³-hybridized carbons (Fsp3) is 0.913. The molecule has 6 heterocycles. The molecule has 28 heteroatoms. The number of amides is 3. The van der Waals surface area contributed by atoms with Crippen molar-refractivity contribution in [3.63, 3.8) is 0 Å². The Morgan fingerprint density at radius 1 is 0.477 bits per heavy atom. The summed E-state index contributed by atoms with van der Waals surface area (Å²) in [6.07, 6.45) is 31.3. The SMILES string of the molecule is CC(C)C1=CCC(C)(C(=O)O)CC1.CC(C)C1CCC(CC(=O)O)CC1.CC(C)C1CCN(C(=O)[C@H](O)CO)CC1.CC(C)C1CCN(S(C)(=O)=O)C1.CC(C)C1CCS(=O)(=O)CC1.CC(C)CC1CCC(C(=O)O)CC1.CC(C)CC1CCC(C)(C(=O)O)CC1.CC(C)CC1CCN(C(=O)[C@@H](C)O)CC1.CC(C)CNC1CCOCC1.CC(C)OC1CCN(C(=O)[C@@H](C)O)CC1. The Morgan fingerprint density at radius 2 is 0.871 bits per heavy atom. The lowest BCUT2D eigenvalue weighted by Crippen LogP contribution is -2.45. The van der Waals surface area contributed by atoms with E-state index < -0.39 is 79.5 Å². The lowest BCUT2D eigenvalue weighted by atomic mass is 9.70. The van der Waals surface area contributed by atoms with Crippen molar-refractivity contribution in [1.29, 1.82) is 0 Å². The van der Waals surface area contributed by atoms with Gasteiger partial charge in [0.2, 0.25) is 10.0 Å². The molecule has 0 radical (unpaired) electrons. The van der Waals surface area contributed by atoms with Gasteiger partial charge < -0.3 is 70.3 Å². The number of nitrogens with zero attached hydrogens (tertiary/aromatic N) is 4. The Bertz CT molecular complexity index is 3380.